The van der Waals surface area contributed by atoms with Crippen molar-refractivity contribution in [3.05, 3.63) is 53.1 Å². The maximum absolute atomic E-state index is 13.1. The van der Waals surface area contributed by atoms with E-state index in [-0.39, 0.29) is 11.0 Å². The summed E-state index contributed by atoms with van der Waals surface area (Å²) in [4.78, 5) is 17.5. The first kappa shape index (κ1) is 31.2. The number of benzene rings is 1. The zero-order chi connectivity index (χ0) is 27.5. The molecular weight excluding hydrogens is 465 g/mol. The van der Waals surface area contributed by atoms with Gasteiger partial charge in [-0.25, -0.2) is 0 Å². The first-order valence-corrected chi connectivity index (χ1v) is 12.4. The smallest absolute Gasteiger partial charge is 0.416 e. The highest BCUT2D eigenvalue weighted by atomic mass is 19.4. The van der Waals surface area contributed by atoms with Crippen LogP contribution >= 0.6 is 0 Å². The molecule has 0 heterocycles. The van der Waals surface area contributed by atoms with Gasteiger partial charge in [-0.05, 0) is 64.0 Å². The fourth-order valence-corrected chi connectivity index (χ4v) is 3.16. The van der Waals surface area contributed by atoms with E-state index >= 15 is 0 Å². The van der Waals surface area contributed by atoms with Gasteiger partial charge in [0.2, 0.25) is 0 Å². The number of carbonyl (C=O) groups excluding carboxylic acids is 1. The lowest BCUT2D eigenvalue weighted by molar-refractivity contribution is -0.112. The molecule has 0 aromatic heterocycles. The first-order chi connectivity index (χ1) is 16.7. The number of hydrogen-bond donors (Lipinski definition) is 1. The molecule has 200 valence electrons. The minimum Gasteiger partial charge on any atom is -0.492 e. The van der Waals surface area contributed by atoms with Crippen molar-refractivity contribution < 1.29 is 22.7 Å². The van der Waals surface area contributed by atoms with E-state index in [2.05, 4.69) is 26.1 Å². The number of anilines is 1. The maximum Gasteiger partial charge on any atom is 0.416 e. The molecule has 0 saturated carbocycles. The van der Waals surface area contributed by atoms with Crippen molar-refractivity contribution in [1.29, 1.82) is 0 Å². The second-order valence-electron chi connectivity index (χ2n) is 10.1. The van der Waals surface area contributed by atoms with E-state index in [1.807, 2.05) is 33.8 Å². The van der Waals surface area contributed by atoms with Gasteiger partial charge < -0.3 is 10.1 Å². The molecule has 0 atom stereocenters. The molecule has 1 aromatic rings. The number of aliphatic imine (C=N–C) groups is 1. The molecule has 1 rings (SSSR count). The third kappa shape index (κ3) is 11.3. The highest BCUT2D eigenvalue weighted by molar-refractivity contribution is 6.04. The zero-order valence-corrected chi connectivity index (χ0v) is 22.9. The molecular formula is C29H41F3N2O2. The van der Waals surface area contributed by atoms with Crippen molar-refractivity contribution in [2.24, 2.45) is 10.4 Å². The van der Waals surface area contributed by atoms with Gasteiger partial charge in [-0.1, -0.05) is 58.4 Å². The number of ether oxygens (including phenoxy) is 1. The van der Waals surface area contributed by atoms with Gasteiger partial charge in [-0.2, -0.15) is 13.2 Å². The van der Waals surface area contributed by atoms with Crippen molar-refractivity contribution in [2.75, 3.05) is 11.9 Å². The third-order valence-corrected chi connectivity index (χ3v) is 5.35. The molecule has 7 heteroatoms. The zero-order valence-electron chi connectivity index (χ0n) is 22.9. The summed E-state index contributed by atoms with van der Waals surface area (Å²) in [5.41, 5.74) is 2.92. The summed E-state index contributed by atoms with van der Waals surface area (Å²) in [5.74, 6) is 0.0627. The number of nitrogens with one attached hydrogen (secondary N) is 1. The van der Waals surface area contributed by atoms with E-state index < -0.39 is 17.7 Å². The maximum atomic E-state index is 13.1. The summed E-state index contributed by atoms with van der Waals surface area (Å²) in [7, 11) is 0. The highest BCUT2D eigenvalue weighted by Crippen LogP contribution is 2.34. The normalized spacial score (nSPS) is 13.9. The number of amides is 1. The predicted octanol–water partition coefficient (Wildman–Crippen LogP) is 9.04. The van der Waals surface area contributed by atoms with Crippen LogP contribution in [0.2, 0.25) is 0 Å². The van der Waals surface area contributed by atoms with E-state index in [1.54, 1.807) is 13.0 Å². The Labute approximate surface area is 214 Å². The monoisotopic (exact) mass is 506 g/mol. The van der Waals surface area contributed by atoms with Crippen LogP contribution in [0.5, 0.6) is 5.75 Å². The largest absolute Gasteiger partial charge is 0.492 e. The predicted molar refractivity (Wildman–Crippen MR) is 144 cm³/mol. The lowest BCUT2D eigenvalue weighted by atomic mass is 9.89. The lowest BCUT2D eigenvalue weighted by Gasteiger charge is -2.18. The molecule has 0 aliphatic heterocycles. The summed E-state index contributed by atoms with van der Waals surface area (Å²) in [6.07, 6.45) is 3.17. The molecule has 36 heavy (non-hydrogen) atoms. The molecule has 0 bridgehead atoms. The molecule has 1 N–H and O–H groups in total. The van der Waals surface area contributed by atoms with E-state index in [9.17, 15) is 18.0 Å². The average molecular weight is 507 g/mol. The molecule has 0 radical (unpaired) electrons. The van der Waals surface area contributed by atoms with Crippen LogP contribution in [0.3, 0.4) is 0 Å². The van der Waals surface area contributed by atoms with Crippen LogP contribution in [-0.4, -0.2) is 24.4 Å². The molecule has 0 unspecified atom stereocenters. The molecule has 0 aliphatic carbocycles. The molecule has 0 spiro atoms. The third-order valence-electron chi connectivity index (χ3n) is 5.35. The minimum absolute atomic E-state index is 0.219. The van der Waals surface area contributed by atoms with Gasteiger partial charge in [0.25, 0.3) is 5.91 Å². The number of halogens is 3. The van der Waals surface area contributed by atoms with Crippen LogP contribution in [0.15, 0.2) is 52.6 Å². The van der Waals surface area contributed by atoms with E-state index in [4.69, 9.17) is 9.73 Å². The Balaban J connectivity index is 3.11. The Morgan fingerprint density at radius 3 is 2.36 bits per heavy atom. The summed E-state index contributed by atoms with van der Waals surface area (Å²) < 4.78 is 45.1. The number of rotatable bonds is 11. The van der Waals surface area contributed by atoms with Crippen molar-refractivity contribution in [3.63, 3.8) is 0 Å². The molecule has 0 fully saturated rings. The van der Waals surface area contributed by atoms with Gasteiger partial charge >= 0.3 is 6.18 Å². The Morgan fingerprint density at radius 2 is 1.81 bits per heavy atom. The number of aryl methyl sites for hydroxylation is 1. The van der Waals surface area contributed by atoms with Gasteiger partial charge in [0.1, 0.15) is 5.75 Å². The van der Waals surface area contributed by atoms with Crippen LogP contribution < -0.4 is 10.1 Å². The first-order valence-electron chi connectivity index (χ1n) is 12.4. The fraction of sp³-hybridized carbons (Fsp3) is 0.517. The minimum atomic E-state index is -4.44. The topological polar surface area (TPSA) is 50.7 Å². The Bertz CT molecular complexity index is 1010. The fourth-order valence-electron chi connectivity index (χ4n) is 3.16. The number of alkyl halides is 3. The molecule has 1 aromatic carbocycles. The van der Waals surface area contributed by atoms with Crippen LogP contribution in [-0.2, 0) is 4.79 Å². The van der Waals surface area contributed by atoms with Crippen LogP contribution in [0.1, 0.15) is 79.7 Å². The molecule has 0 aliphatic rings. The van der Waals surface area contributed by atoms with Gasteiger partial charge in [0.15, 0.2) is 0 Å². The highest BCUT2D eigenvalue weighted by Gasteiger charge is 2.31. The number of allylic oxidation sites excluding steroid dienone is 5. The van der Waals surface area contributed by atoms with Crippen molar-refractivity contribution >= 4 is 23.0 Å². The Kier molecular flexibility index (Phi) is 12.2. The van der Waals surface area contributed by atoms with Gasteiger partial charge in [-0.15, -0.1) is 0 Å². The van der Waals surface area contributed by atoms with Crippen LogP contribution in [0, 0.1) is 12.3 Å². The molecule has 1 amide bonds. The summed E-state index contributed by atoms with van der Waals surface area (Å²) in [5, 5.41) is 2.81. The number of nitrogens with zero attached hydrogens (tertiary/aromatic N) is 1. The van der Waals surface area contributed by atoms with Gasteiger partial charge in [-0.3, -0.25) is 9.79 Å². The lowest BCUT2D eigenvalue weighted by Crippen LogP contribution is -2.14. The van der Waals surface area contributed by atoms with Crippen LogP contribution in [0.25, 0.3) is 0 Å². The number of carbonyl (C=O) groups is 1. The standard InChI is InChI=1S/C29H41F3N2O2/c1-9-11-14-23(29(30,31)32)15-12-13-20(3)27(35)34-25-18-21(4)24(19-26(25)36-10-2)33-22(5)16-17-28(6,7)8/h12-15,18-19H,9-11,16-17H2,1-8H3,(H,34,35)/b15-12-,20-13+,23-14-,33-22?. The number of unbranched alkanes of at least 4 members (excludes halogenated alkanes) is 1. The second kappa shape index (κ2) is 14.0. The quantitative estimate of drug-likeness (QED) is 0.185. The summed E-state index contributed by atoms with van der Waals surface area (Å²) in [6, 6.07) is 3.61. The van der Waals surface area contributed by atoms with E-state index in [0.29, 0.717) is 30.9 Å². The van der Waals surface area contributed by atoms with Crippen molar-refractivity contribution in [3.8, 4) is 5.75 Å². The molecule has 4 nitrogen and oxygen atoms in total. The summed E-state index contributed by atoms with van der Waals surface area (Å²) in [6.45, 7) is 16.1. The van der Waals surface area contributed by atoms with Crippen molar-refractivity contribution in [2.45, 2.75) is 87.2 Å². The summed E-state index contributed by atoms with van der Waals surface area (Å²) >= 11 is 0. The average Bonchev–Trinajstić information content (AvgIpc) is 2.76. The van der Waals surface area contributed by atoms with Gasteiger partial charge in [0, 0.05) is 17.4 Å². The second-order valence-corrected chi connectivity index (χ2v) is 10.1. The Hall–Kier alpha value is -2.83. The van der Waals surface area contributed by atoms with Crippen molar-refractivity contribution in [1.82, 2.24) is 0 Å². The van der Waals surface area contributed by atoms with E-state index in [0.717, 1.165) is 42.0 Å². The van der Waals surface area contributed by atoms with Gasteiger partial charge in [0.05, 0.1) is 23.6 Å². The number of hydrogen-bond acceptors (Lipinski definition) is 3. The van der Waals surface area contributed by atoms with Crippen LogP contribution in [0.4, 0.5) is 24.5 Å². The SMILES string of the molecule is CCC/C=C(/C=C\C=C(/C)C(=O)Nc1cc(C)c(N=C(C)CCC(C)(C)C)cc1OCC)C(F)(F)F. The molecule has 0 saturated heterocycles. The van der Waals surface area contributed by atoms with E-state index in [1.165, 1.54) is 12.2 Å². The Morgan fingerprint density at radius 1 is 1.14 bits per heavy atom.